The molecule has 1 aromatic carbocycles. The van der Waals surface area contributed by atoms with E-state index in [-0.39, 0.29) is 0 Å². The fourth-order valence-corrected chi connectivity index (χ4v) is 2.26. The van der Waals surface area contributed by atoms with Gasteiger partial charge in [-0.1, -0.05) is 0 Å². The molecule has 60 valence electrons. The van der Waals surface area contributed by atoms with E-state index in [2.05, 4.69) is 51.1 Å². The van der Waals surface area contributed by atoms with Crippen LogP contribution in [0.15, 0.2) is 21.5 Å². The van der Waals surface area contributed by atoms with E-state index in [1.165, 1.54) is 0 Å². The molecule has 1 nitrogen and oxygen atoms in total. The van der Waals surface area contributed by atoms with Crippen molar-refractivity contribution in [1.29, 1.82) is 0 Å². The smallest absolute Gasteiger partial charge is 0.134 e. The normalized spacial score (nSPS) is 9.82. The van der Waals surface area contributed by atoms with Crippen LogP contribution in [0.4, 0.5) is 0 Å². The van der Waals surface area contributed by atoms with Crippen LogP contribution in [0.5, 0.6) is 5.75 Å². The Balaban J connectivity index is 3.21. The molecule has 0 N–H and O–H groups in total. The number of benzene rings is 1. The van der Waals surface area contributed by atoms with E-state index in [1.54, 1.807) is 7.11 Å². The molecule has 1 rings (SSSR count). The van der Waals surface area contributed by atoms with Crippen molar-refractivity contribution in [2.24, 2.45) is 0 Å². The first-order chi connectivity index (χ1) is 5.15. The molecule has 0 aliphatic rings. The molecule has 0 unspecified atom stereocenters. The average Bonchev–Trinajstić information content (AvgIpc) is 1.97. The minimum atomic E-state index is 0.815. The zero-order valence-electron chi connectivity index (χ0n) is 5.77. The van der Waals surface area contributed by atoms with E-state index in [0.717, 1.165) is 18.7 Å². The fourth-order valence-electron chi connectivity index (χ4n) is 0.675. The molecule has 4 heteroatoms. The van der Waals surface area contributed by atoms with E-state index in [9.17, 15) is 0 Å². The second-order valence-electron chi connectivity index (χ2n) is 1.94. The maximum Gasteiger partial charge on any atom is 0.134 e. The molecule has 0 aliphatic heterocycles. The monoisotopic (exact) mass is 344 g/mol. The van der Waals surface area contributed by atoms with Crippen LogP contribution in [-0.4, -0.2) is 7.11 Å². The van der Waals surface area contributed by atoms with Crippen LogP contribution in [0.1, 0.15) is 0 Å². The van der Waals surface area contributed by atoms with Crippen LogP contribution in [0.2, 0.25) is 0 Å². The van der Waals surface area contributed by atoms with E-state index in [0.29, 0.717) is 0 Å². The van der Waals surface area contributed by atoms with Gasteiger partial charge in [-0.2, -0.15) is 0 Å². The third kappa shape index (κ3) is 2.26. The zero-order valence-corrected chi connectivity index (χ0v) is 10.4. The molecule has 0 spiro atoms. The highest BCUT2D eigenvalue weighted by molar-refractivity contribution is 14.1. The summed E-state index contributed by atoms with van der Waals surface area (Å²) in [6, 6.07) is 3.86. The van der Waals surface area contributed by atoms with Gasteiger partial charge >= 0.3 is 0 Å². The molecule has 0 aliphatic carbocycles. The summed E-state index contributed by atoms with van der Waals surface area (Å²) in [6.07, 6.45) is 0. The van der Waals surface area contributed by atoms with E-state index < -0.39 is 0 Å². The highest BCUT2D eigenvalue weighted by Gasteiger charge is 2.03. The quantitative estimate of drug-likeness (QED) is 0.607. The summed E-state index contributed by atoms with van der Waals surface area (Å²) in [4.78, 5) is 0.936. The van der Waals surface area contributed by atoms with Gasteiger partial charge in [0.2, 0.25) is 0 Å². The molecular formula is C7H6BrIOS. The van der Waals surface area contributed by atoms with Gasteiger partial charge in [0.05, 0.1) is 11.6 Å². The summed E-state index contributed by atoms with van der Waals surface area (Å²) >= 11 is 9.86. The maximum atomic E-state index is 5.08. The summed E-state index contributed by atoms with van der Waals surface area (Å²) in [6.45, 7) is 0. The number of ether oxygens (including phenoxy) is 1. The summed E-state index contributed by atoms with van der Waals surface area (Å²) in [5.41, 5.74) is 0. The van der Waals surface area contributed by atoms with Gasteiger partial charge in [0.1, 0.15) is 5.75 Å². The van der Waals surface area contributed by atoms with Gasteiger partial charge in [-0.25, -0.2) is 0 Å². The van der Waals surface area contributed by atoms with Crippen molar-refractivity contribution in [2.75, 3.05) is 7.11 Å². The molecule has 0 fully saturated rings. The Hall–Kier alpha value is 0.580. The highest BCUT2D eigenvalue weighted by atomic mass is 127. The van der Waals surface area contributed by atoms with E-state index in [4.69, 9.17) is 4.74 Å². The Kier molecular flexibility index (Phi) is 3.52. The molecule has 0 aromatic heterocycles. The van der Waals surface area contributed by atoms with Crippen molar-refractivity contribution in [1.82, 2.24) is 0 Å². The summed E-state index contributed by atoms with van der Waals surface area (Å²) in [5.74, 6) is 0.815. The van der Waals surface area contributed by atoms with Gasteiger partial charge in [-0.3, -0.25) is 0 Å². The maximum absolute atomic E-state index is 5.08. The Morgan fingerprint density at radius 1 is 1.55 bits per heavy atom. The molecule has 0 saturated carbocycles. The van der Waals surface area contributed by atoms with Crippen LogP contribution in [0, 0.1) is 3.57 Å². The molecule has 0 amide bonds. The Bertz CT molecular complexity index is 277. The van der Waals surface area contributed by atoms with Crippen LogP contribution in [0.25, 0.3) is 0 Å². The molecule has 0 saturated heterocycles. The van der Waals surface area contributed by atoms with Crippen molar-refractivity contribution in [3.63, 3.8) is 0 Å². The van der Waals surface area contributed by atoms with Crippen molar-refractivity contribution in [3.8, 4) is 5.75 Å². The lowest BCUT2D eigenvalue weighted by molar-refractivity contribution is 0.411. The first-order valence-electron chi connectivity index (χ1n) is 2.87. The van der Waals surface area contributed by atoms with Crippen molar-refractivity contribution in [3.05, 3.63) is 20.2 Å². The fraction of sp³-hybridized carbons (Fsp3) is 0.143. The molecular weight excluding hydrogens is 339 g/mol. The van der Waals surface area contributed by atoms with Crippen LogP contribution in [0.3, 0.4) is 0 Å². The zero-order chi connectivity index (χ0) is 8.43. The lowest BCUT2D eigenvalue weighted by Crippen LogP contribution is -1.85. The molecule has 1 aromatic rings. The number of hydrogen-bond acceptors (Lipinski definition) is 2. The number of hydrogen-bond donors (Lipinski definition) is 1. The number of rotatable bonds is 1. The summed E-state index contributed by atoms with van der Waals surface area (Å²) in [5, 5.41) is 0. The third-order valence-electron chi connectivity index (χ3n) is 1.22. The topological polar surface area (TPSA) is 9.23 Å². The van der Waals surface area contributed by atoms with Gasteiger partial charge in [-0.05, 0) is 50.7 Å². The molecule has 0 radical (unpaired) electrons. The van der Waals surface area contributed by atoms with Crippen molar-refractivity contribution in [2.45, 2.75) is 4.90 Å². The second kappa shape index (κ2) is 4.00. The van der Waals surface area contributed by atoms with Gasteiger partial charge in [0.25, 0.3) is 0 Å². The molecule has 0 heterocycles. The van der Waals surface area contributed by atoms with Gasteiger partial charge in [-0.15, -0.1) is 12.6 Å². The standard InChI is InChI=1S/C7H6BrIOS/c1-10-6-3-7(11)5(9)2-4(6)8/h2-3,11H,1H3. The van der Waals surface area contributed by atoms with Gasteiger partial charge < -0.3 is 4.74 Å². The molecule has 0 atom stereocenters. The van der Waals surface area contributed by atoms with Crippen LogP contribution >= 0.6 is 51.1 Å². The lowest BCUT2D eigenvalue weighted by atomic mass is 10.3. The Labute approximate surface area is 93.2 Å². The SMILES string of the molecule is COc1cc(S)c(I)cc1Br. The lowest BCUT2D eigenvalue weighted by Gasteiger charge is -2.04. The molecule has 11 heavy (non-hydrogen) atoms. The first-order valence-corrected chi connectivity index (χ1v) is 5.19. The number of methoxy groups -OCH3 is 1. The van der Waals surface area contributed by atoms with Gasteiger partial charge in [0, 0.05) is 8.47 Å². The first kappa shape index (κ1) is 9.67. The third-order valence-corrected chi connectivity index (χ3v) is 3.53. The second-order valence-corrected chi connectivity index (χ2v) is 4.44. The predicted molar refractivity (Wildman–Crippen MR) is 60.7 cm³/mol. The van der Waals surface area contributed by atoms with Crippen LogP contribution < -0.4 is 4.74 Å². The van der Waals surface area contributed by atoms with Gasteiger partial charge in [0.15, 0.2) is 0 Å². The Morgan fingerprint density at radius 2 is 2.18 bits per heavy atom. The van der Waals surface area contributed by atoms with E-state index >= 15 is 0 Å². The minimum absolute atomic E-state index is 0.815. The van der Waals surface area contributed by atoms with Crippen LogP contribution in [-0.2, 0) is 0 Å². The number of halogens is 2. The summed E-state index contributed by atoms with van der Waals surface area (Å²) in [7, 11) is 1.64. The molecule has 0 bridgehead atoms. The van der Waals surface area contributed by atoms with Crippen molar-refractivity contribution < 1.29 is 4.74 Å². The summed E-state index contributed by atoms with van der Waals surface area (Å²) < 4.78 is 7.15. The highest BCUT2D eigenvalue weighted by Crippen LogP contribution is 2.30. The number of thiol groups is 1. The average molecular weight is 345 g/mol. The Morgan fingerprint density at radius 3 is 2.73 bits per heavy atom. The predicted octanol–water partition coefficient (Wildman–Crippen LogP) is 3.35. The minimum Gasteiger partial charge on any atom is -0.496 e. The largest absolute Gasteiger partial charge is 0.496 e. The van der Waals surface area contributed by atoms with Crippen molar-refractivity contribution >= 4 is 51.1 Å². The van der Waals surface area contributed by atoms with E-state index in [1.807, 2.05) is 12.1 Å².